The van der Waals surface area contributed by atoms with E-state index in [9.17, 15) is 14.0 Å². The van der Waals surface area contributed by atoms with Gasteiger partial charge in [-0.2, -0.15) is 0 Å². The van der Waals surface area contributed by atoms with Crippen LogP contribution in [0, 0.1) is 11.2 Å². The summed E-state index contributed by atoms with van der Waals surface area (Å²) in [6.07, 6.45) is 2.15. The summed E-state index contributed by atoms with van der Waals surface area (Å²) in [4.78, 5) is 25.0. The molecule has 5 nitrogen and oxygen atoms in total. The van der Waals surface area contributed by atoms with Gasteiger partial charge in [-0.15, -0.1) is 0 Å². The lowest BCUT2D eigenvalue weighted by atomic mass is 10.0. The van der Waals surface area contributed by atoms with Gasteiger partial charge < -0.3 is 15.4 Å². The number of carbonyl (C=O) groups excluding carboxylic acids is 2. The molecule has 0 bridgehead atoms. The largest absolute Gasteiger partial charge is 0.497 e. The molecule has 6 heteroatoms. The van der Waals surface area contributed by atoms with Crippen LogP contribution >= 0.6 is 0 Å². The Bertz CT molecular complexity index is 849. The van der Waals surface area contributed by atoms with Crippen molar-refractivity contribution in [1.82, 2.24) is 10.6 Å². The fourth-order valence-corrected chi connectivity index (χ4v) is 3.18. The van der Waals surface area contributed by atoms with Gasteiger partial charge in [0.2, 0.25) is 11.8 Å². The second-order valence-corrected chi connectivity index (χ2v) is 7.04. The quantitative estimate of drug-likeness (QED) is 0.653. The van der Waals surface area contributed by atoms with E-state index in [1.165, 1.54) is 6.07 Å². The van der Waals surface area contributed by atoms with Gasteiger partial charge in [-0.1, -0.05) is 30.3 Å². The van der Waals surface area contributed by atoms with Gasteiger partial charge in [0.15, 0.2) is 0 Å². The Morgan fingerprint density at radius 2 is 1.68 bits per heavy atom. The van der Waals surface area contributed by atoms with Gasteiger partial charge in [0.25, 0.3) is 0 Å². The van der Waals surface area contributed by atoms with Crippen molar-refractivity contribution in [3.8, 4) is 5.75 Å². The third-order valence-electron chi connectivity index (χ3n) is 5.09. The van der Waals surface area contributed by atoms with Gasteiger partial charge in [0.1, 0.15) is 17.0 Å². The Labute approximate surface area is 164 Å². The molecule has 0 saturated heterocycles. The highest BCUT2D eigenvalue weighted by Gasteiger charge is 2.56. The Morgan fingerprint density at radius 3 is 2.32 bits per heavy atom. The Balaban J connectivity index is 1.45. The van der Waals surface area contributed by atoms with Gasteiger partial charge in [-0.3, -0.25) is 9.59 Å². The van der Waals surface area contributed by atoms with E-state index in [1.807, 2.05) is 24.3 Å². The topological polar surface area (TPSA) is 67.4 Å². The zero-order valence-corrected chi connectivity index (χ0v) is 16.0. The number of hydrogen-bond acceptors (Lipinski definition) is 3. The number of methoxy groups -OCH3 is 1. The van der Waals surface area contributed by atoms with Crippen molar-refractivity contribution >= 4 is 11.8 Å². The van der Waals surface area contributed by atoms with Crippen LogP contribution in [0.4, 0.5) is 4.39 Å². The minimum Gasteiger partial charge on any atom is -0.497 e. The maximum Gasteiger partial charge on any atom is 0.235 e. The molecule has 1 aliphatic rings. The molecule has 0 atom stereocenters. The van der Waals surface area contributed by atoms with Crippen molar-refractivity contribution in [3.05, 3.63) is 65.5 Å². The fourth-order valence-electron chi connectivity index (χ4n) is 3.18. The number of amides is 2. The molecule has 1 aliphatic carbocycles. The van der Waals surface area contributed by atoms with E-state index < -0.39 is 5.41 Å². The van der Waals surface area contributed by atoms with E-state index >= 15 is 0 Å². The standard InChI is InChI=1S/C22H25FN2O3/c1-28-18-7-4-5-16(15-18)9-13-24-20(26)22(11-12-22)21(27)25-14-10-17-6-2-3-8-19(17)23/h2-8,15H,9-14H2,1H3,(H,24,26)(H,25,27). The van der Waals surface area contributed by atoms with Crippen LogP contribution in [0.15, 0.2) is 48.5 Å². The normalized spacial score (nSPS) is 14.2. The molecular weight excluding hydrogens is 359 g/mol. The fraction of sp³-hybridized carbons (Fsp3) is 0.364. The highest BCUT2D eigenvalue weighted by Crippen LogP contribution is 2.46. The minimum atomic E-state index is -0.969. The summed E-state index contributed by atoms with van der Waals surface area (Å²) in [5.74, 6) is -0.0219. The molecule has 1 fully saturated rings. The lowest BCUT2D eigenvalue weighted by Gasteiger charge is -2.15. The summed E-state index contributed by atoms with van der Waals surface area (Å²) in [6, 6.07) is 14.2. The first-order valence-corrected chi connectivity index (χ1v) is 9.48. The van der Waals surface area contributed by atoms with E-state index in [2.05, 4.69) is 10.6 Å². The highest BCUT2D eigenvalue weighted by molar-refractivity contribution is 6.07. The number of rotatable bonds is 9. The number of carbonyl (C=O) groups is 2. The van der Waals surface area contributed by atoms with Gasteiger partial charge in [-0.05, 0) is 55.0 Å². The Hall–Kier alpha value is -2.89. The summed E-state index contributed by atoms with van der Waals surface area (Å²) in [5.41, 5.74) is 0.637. The highest BCUT2D eigenvalue weighted by atomic mass is 19.1. The van der Waals surface area contributed by atoms with Crippen LogP contribution in [0.5, 0.6) is 5.75 Å². The Morgan fingerprint density at radius 1 is 1.00 bits per heavy atom. The van der Waals surface area contributed by atoms with Crippen LogP contribution in [0.3, 0.4) is 0 Å². The van der Waals surface area contributed by atoms with Gasteiger partial charge in [0.05, 0.1) is 7.11 Å². The van der Waals surface area contributed by atoms with E-state index in [0.29, 0.717) is 44.3 Å². The van der Waals surface area contributed by atoms with Crippen LogP contribution in [0.2, 0.25) is 0 Å². The van der Waals surface area contributed by atoms with E-state index in [-0.39, 0.29) is 17.6 Å². The van der Waals surface area contributed by atoms with E-state index in [4.69, 9.17) is 4.74 Å². The third kappa shape index (κ3) is 4.68. The molecule has 2 aromatic rings. The monoisotopic (exact) mass is 384 g/mol. The van der Waals surface area contributed by atoms with Crippen molar-refractivity contribution < 1.29 is 18.7 Å². The average Bonchev–Trinajstić information content (AvgIpc) is 3.51. The summed E-state index contributed by atoms with van der Waals surface area (Å²) >= 11 is 0. The third-order valence-corrected chi connectivity index (χ3v) is 5.09. The molecule has 148 valence electrons. The predicted molar refractivity (Wildman–Crippen MR) is 104 cm³/mol. The molecule has 2 aromatic carbocycles. The summed E-state index contributed by atoms with van der Waals surface area (Å²) in [7, 11) is 1.61. The number of benzene rings is 2. The molecule has 2 N–H and O–H groups in total. The van der Waals surface area contributed by atoms with Crippen LogP contribution in [-0.4, -0.2) is 32.0 Å². The maximum atomic E-state index is 13.6. The lowest BCUT2D eigenvalue weighted by molar-refractivity contribution is -0.137. The molecule has 0 radical (unpaired) electrons. The molecule has 0 heterocycles. The number of halogens is 1. The second-order valence-electron chi connectivity index (χ2n) is 7.04. The first-order valence-electron chi connectivity index (χ1n) is 9.48. The van der Waals surface area contributed by atoms with Crippen LogP contribution in [0.1, 0.15) is 24.0 Å². The predicted octanol–water partition coefficient (Wildman–Crippen LogP) is 2.63. The molecule has 0 unspecified atom stereocenters. The average molecular weight is 384 g/mol. The molecule has 0 spiro atoms. The van der Waals surface area contributed by atoms with Crippen LogP contribution < -0.4 is 15.4 Å². The molecule has 1 saturated carbocycles. The number of ether oxygens (including phenoxy) is 1. The summed E-state index contributed by atoms with van der Waals surface area (Å²) < 4.78 is 18.8. The van der Waals surface area contributed by atoms with Crippen LogP contribution in [0.25, 0.3) is 0 Å². The molecule has 2 amide bonds. The smallest absolute Gasteiger partial charge is 0.235 e. The van der Waals surface area contributed by atoms with Gasteiger partial charge >= 0.3 is 0 Å². The minimum absolute atomic E-state index is 0.237. The number of nitrogens with one attached hydrogen (secondary N) is 2. The number of hydrogen-bond donors (Lipinski definition) is 2. The zero-order valence-electron chi connectivity index (χ0n) is 16.0. The SMILES string of the molecule is COc1cccc(CCNC(=O)C2(C(=O)NCCc3ccccc3F)CC2)c1. The van der Waals surface area contributed by atoms with Crippen molar-refractivity contribution in [2.24, 2.45) is 5.41 Å². The summed E-state index contributed by atoms with van der Waals surface area (Å²) in [6.45, 7) is 0.759. The zero-order chi connectivity index (χ0) is 20.0. The van der Waals surface area contributed by atoms with Crippen molar-refractivity contribution in [1.29, 1.82) is 0 Å². The van der Waals surface area contributed by atoms with Gasteiger partial charge in [-0.25, -0.2) is 4.39 Å². The first-order chi connectivity index (χ1) is 13.5. The van der Waals surface area contributed by atoms with E-state index in [0.717, 1.165) is 11.3 Å². The molecule has 3 rings (SSSR count). The van der Waals surface area contributed by atoms with Crippen molar-refractivity contribution in [2.75, 3.05) is 20.2 Å². The molecule has 0 aromatic heterocycles. The Kier molecular flexibility index (Phi) is 6.29. The van der Waals surface area contributed by atoms with E-state index in [1.54, 1.807) is 25.3 Å². The lowest BCUT2D eigenvalue weighted by Crippen LogP contribution is -2.44. The van der Waals surface area contributed by atoms with Crippen molar-refractivity contribution in [2.45, 2.75) is 25.7 Å². The molecule has 0 aliphatic heterocycles. The van der Waals surface area contributed by atoms with Crippen LogP contribution in [-0.2, 0) is 22.4 Å². The van der Waals surface area contributed by atoms with Gasteiger partial charge in [0, 0.05) is 13.1 Å². The first kappa shape index (κ1) is 19.9. The molecular formula is C22H25FN2O3. The molecule has 28 heavy (non-hydrogen) atoms. The van der Waals surface area contributed by atoms with Crippen molar-refractivity contribution in [3.63, 3.8) is 0 Å². The second kappa shape index (κ2) is 8.87. The maximum absolute atomic E-state index is 13.6. The summed E-state index contributed by atoms with van der Waals surface area (Å²) in [5, 5.41) is 5.65.